The van der Waals surface area contributed by atoms with E-state index in [2.05, 4.69) is 20.0 Å². The summed E-state index contributed by atoms with van der Waals surface area (Å²) in [6.07, 6.45) is 5.39. The van der Waals surface area contributed by atoms with Crippen molar-refractivity contribution in [2.24, 2.45) is 5.73 Å². The zero-order chi connectivity index (χ0) is 13.9. The Morgan fingerprint density at radius 3 is 2.80 bits per heavy atom. The number of aromatic nitrogens is 3. The SMILES string of the molecule is NC(=O)c1nc(-c2cc(N3CCCCC3)ccn2)no1. The van der Waals surface area contributed by atoms with Crippen LogP contribution in [0.15, 0.2) is 22.9 Å². The van der Waals surface area contributed by atoms with E-state index in [-0.39, 0.29) is 11.7 Å². The van der Waals surface area contributed by atoms with Gasteiger partial charge in [0.1, 0.15) is 5.69 Å². The van der Waals surface area contributed by atoms with Crippen molar-refractivity contribution >= 4 is 11.6 Å². The van der Waals surface area contributed by atoms with Gasteiger partial charge in [-0.1, -0.05) is 5.16 Å². The summed E-state index contributed by atoms with van der Waals surface area (Å²) >= 11 is 0. The molecule has 0 bridgehead atoms. The number of carbonyl (C=O) groups is 1. The summed E-state index contributed by atoms with van der Waals surface area (Å²) in [5, 5.41) is 3.73. The first kappa shape index (κ1) is 12.6. The quantitative estimate of drug-likeness (QED) is 0.902. The Hall–Kier alpha value is -2.44. The number of amides is 1. The molecular formula is C13H15N5O2. The topological polar surface area (TPSA) is 98.1 Å². The van der Waals surface area contributed by atoms with Crippen molar-refractivity contribution in [2.75, 3.05) is 18.0 Å². The Kier molecular flexibility index (Phi) is 3.32. The number of pyridine rings is 1. The molecule has 2 N–H and O–H groups in total. The van der Waals surface area contributed by atoms with Gasteiger partial charge in [-0.3, -0.25) is 9.78 Å². The maximum Gasteiger partial charge on any atom is 0.316 e. The molecular weight excluding hydrogens is 258 g/mol. The van der Waals surface area contributed by atoms with Crippen molar-refractivity contribution in [3.63, 3.8) is 0 Å². The molecule has 3 heterocycles. The molecule has 20 heavy (non-hydrogen) atoms. The third-order valence-corrected chi connectivity index (χ3v) is 3.33. The van der Waals surface area contributed by atoms with Crippen molar-refractivity contribution < 1.29 is 9.32 Å². The van der Waals surface area contributed by atoms with Crippen molar-refractivity contribution in [1.82, 2.24) is 15.1 Å². The molecule has 2 aromatic rings. The van der Waals surface area contributed by atoms with Crippen LogP contribution in [0.1, 0.15) is 29.9 Å². The van der Waals surface area contributed by atoms with E-state index in [4.69, 9.17) is 10.3 Å². The highest BCUT2D eigenvalue weighted by Crippen LogP contribution is 2.23. The number of piperidine rings is 1. The van der Waals surface area contributed by atoms with E-state index in [1.165, 1.54) is 19.3 Å². The van der Waals surface area contributed by atoms with Crippen molar-refractivity contribution in [3.05, 3.63) is 24.2 Å². The molecule has 0 radical (unpaired) electrons. The van der Waals surface area contributed by atoms with Gasteiger partial charge in [-0.25, -0.2) is 0 Å². The molecule has 1 fully saturated rings. The molecule has 1 amide bonds. The van der Waals surface area contributed by atoms with Crippen LogP contribution in [0.3, 0.4) is 0 Å². The first-order valence-corrected chi connectivity index (χ1v) is 6.59. The molecule has 1 aliphatic heterocycles. The maximum atomic E-state index is 11.0. The summed E-state index contributed by atoms with van der Waals surface area (Å²) in [5.74, 6) is -0.668. The maximum absolute atomic E-state index is 11.0. The van der Waals surface area contributed by atoms with Crippen LogP contribution in [0.2, 0.25) is 0 Å². The van der Waals surface area contributed by atoms with Gasteiger partial charge in [-0.15, -0.1) is 0 Å². The molecule has 0 saturated carbocycles. The van der Waals surface area contributed by atoms with E-state index >= 15 is 0 Å². The number of hydrogen-bond donors (Lipinski definition) is 1. The molecule has 1 aliphatic rings. The van der Waals surface area contributed by atoms with Gasteiger partial charge in [0.2, 0.25) is 5.82 Å². The fraction of sp³-hybridized carbons (Fsp3) is 0.385. The lowest BCUT2D eigenvalue weighted by molar-refractivity contribution is 0.0958. The fourth-order valence-corrected chi connectivity index (χ4v) is 2.32. The normalized spacial score (nSPS) is 15.3. The number of anilines is 1. The summed E-state index contributed by atoms with van der Waals surface area (Å²) in [4.78, 5) is 21.4. The van der Waals surface area contributed by atoms with Gasteiger partial charge >= 0.3 is 11.8 Å². The number of nitrogens with zero attached hydrogens (tertiary/aromatic N) is 4. The van der Waals surface area contributed by atoms with Gasteiger partial charge in [0.25, 0.3) is 0 Å². The number of carbonyl (C=O) groups excluding carboxylic acids is 1. The molecule has 0 spiro atoms. The van der Waals surface area contributed by atoms with Crippen LogP contribution in [0.4, 0.5) is 5.69 Å². The van der Waals surface area contributed by atoms with Crippen LogP contribution in [0, 0.1) is 0 Å². The Labute approximate surface area is 115 Å². The smallest absolute Gasteiger partial charge is 0.316 e. The Morgan fingerprint density at radius 2 is 2.10 bits per heavy atom. The highest BCUT2D eigenvalue weighted by atomic mass is 16.5. The lowest BCUT2D eigenvalue weighted by Crippen LogP contribution is -2.29. The van der Waals surface area contributed by atoms with Gasteiger partial charge < -0.3 is 15.2 Å². The molecule has 0 atom stereocenters. The number of primary amides is 1. The van der Waals surface area contributed by atoms with Gasteiger partial charge in [0.05, 0.1) is 0 Å². The standard InChI is InChI=1S/C13H15N5O2/c14-11(19)13-16-12(17-20-13)10-8-9(4-5-15-10)18-6-2-1-3-7-18/h4-5,8H,1-3,6-7H2,(H2,14,19). The molecule has 0 unspecified atom stereocenters. The molecule has 0 aromatic carbocycles. The van der Waals surface area contributed by atoms with E-state index in [1.54, 1.807) is 6.20 Å². The van der Waals surface area contributed by atoms with E-state index < -0.39 is 5.91 Å². The Balaban J connectivity index is 1.87. The first-order valence-electron chi connectivity index (χ1n) is 6.59. The third-order valence-electron chi connectivity index (χ3n) is 3.33. The van der Waals surface area contributed by atoms with Gasteiger partial charge in [-0.2, -0.15) is 4.98 Å². The summed E-state index contributed by atoms with van der Waals surface area (Å²) in [7, 11) is 0. The van der Waals surface area contributed by atoms with Crippen LogP contribution in [-0.4, -0.2) is 34.1 Å². The predicted octanol–water partition coefficient (Wildman–Crippen LogP) is 1.22. The number of rotatable bonds is 3. The van der Waals surface area contributed by atoms with Crippen molar-refractivity contribution in [1.29, 1.82) is 0 Å². The zero-order valence-electron chi connectivity index (χ0n) is 11.0. The first-order chi connectivity index (χ1) is 9.74. The highest BCUT2D eigenvalue weighted by molar-refractivity contribution is 5.88. The summed E-state index contributed by atoms with van der Waals surface area (Å²) in [6, 6.07) is 3.87. The van der Waals surface area contributed by atoms with Crippen LogP contribution < -0.4 is 10.6 Å². The minimum atomic E-state index is -0.740. The Morgan fingerprint density at radius 1 is 1.30 bits per heavy atom. The van der Waals surface area contributed by atoms with Crippen molar-refractivity contribution in [2.45, 2.75) is 19.3 Å². The van der Waals surface area contributed by atoms with E-state index in [9.17, 15) is 4.79 Å². The lowest BCUT2D eigenvalue weighted by atomic mass is 10.1. The molecule has 0 aliphatic carbocycles. The van der Waals surface area contributed by atoms with Crippen LogP contribution in [0.5, 0.6) is 0 Å². The zero-order valence-corrected chi connectivity index (χ0v) is 11.0. The average molecular weight is 273 g/mol. The second-order valence-corrected chi connectivity index (χ2v) is 4.73. The minimum absolute atomic E-state index is 0.204. The second-order valence-electron chi connectivity index (χ2n) is 4.73. The monoisotopic (exact) mass is 273 g/mol. The number of nitrogens with two attached hydrogens (primary N) is 1. The lowest BCUT2D eigenvalue weighted by Gasteiger charge is -2.28. The van der Waals surface area contributed by atoms with E-state index in [1.807, 2.05) is 12.1 Å². The average Bonchev–Trinajstić information content (AvgIpc) is 2.98. The predicted molar refractivity (Wildman–Crippen MR) is 72.1 cm³/mol. The second kappa shape index (κ2) is 5.28. The molecule has 7 heteroatoms. The minimum Gasteiger partial charge on any atom is -0.371 e. The van der Waals surface area contributed by atoms with Crippen LogP contribution in [0.25, 0.3) is 11.5 Å². The summed E-state index contributed by atoms with van der Waals surface area (Å²) < 4.78 is 4.78. The molecule has 2 aromatic heterocycles. The number of hydrogen-bond acceptors (Lipinski definition) is 6. The third kappa shape index (κ3) is 2.47. The molecule has 104 valence electrons. The molecule has 7 nitrogen and oxygen atoms in total. The van der Waals surface area contributed by atoms with Crippen LogP contribution >= 0.6 is 0 Å². The molecule has 1 saturated heterocycles. The van der Waals surface area contributed by atoms with Gasteiger partial charge in [0, 0.05) is 25.0 Å². The Bertz CT molecular complexity index is 619. The van der Waals surface area contributed by atoms with E-state index in [0.29, 0.717) is 5.69 Å². The van der Waals surface area contributed by atoms with E-state index in [0.717, 1.165) is 18.8 Å². The van der Waals surface area contributed by atoms with Crippen LogP contribution in [-0.2, 0) is 0 Å². The fourth-order valence-electron chi connectivity index (χ4n) is 2.32. The van der Waals surface area contributed by atoms with Crippen molar-refractivity contribution in [3.8, 4) is 11.5 Å². The summed E-state index contributed by atoms with van der Waals surface area (Å²) in [5.41, 5.74) is 6.75. The van der Waals surface area contributed by atoms with Gasteiger partial charge in [0.15, 0.2) is 0 Å². The molecule has 3 rings (SSSR count). The summed E-state index contributed by atoms with van der Waals surface area (Å²) in [6.45, 7) is 2.09. The highest BCUT2D eigenvalue weighted by Gasteiger charge is 2.16. The largest absolute Gasteiger partial charge is 0.371 e. The van der Waals surface area contributed by atoms with Gasteiger partial charge in [-0.05, 0) is 31.4 Å².